The summed E-state index contributed by atoms with van der Waals surface area (Å²) in [7, 11) is 0. The quantitative estimate of drug-likeness (QED) is 0.897. The van der Waals surface area contributed by atoms with Crippen LogP contribution in [-0.4, -0.2) is 25.7 Å². The first kappa shape index (κ1) is 14.3. The summed E-state index contributed by atoms with van der Waals surface area (Å²) in [4.78, 5) is 2.19. The zero-order valence-electron chi connectivity index (χ0n) is 12.2. The Hall–Kier alpha value is -1.09. The molecule has 1 aliphatic heterocycles. The fourth-order valence-corrected chi connectivity index (χ4v) is 2.86. The number of hydrogen-bond acceptors (Lipinski definition) is 2. The van der Waals surface area contributed by atoms with E-state index in [1.54, 1.807) is 6.07 Å². The van der Waals surface area contributed by atoms with Gasteiger partial charge in [0.15, 0.2) is 0 Å². The highest BCUT2D eigenvalue weighted by molar-refractivity contribution is 5.50. The summed E-state index contributed by atoms with van der Waals surface area (Å²) in [6.07, 6.45) is 2.26. The van der Waals surface area contributed by atoms with Gasteiger partial charge in [-0.1, -0.05) is 19.9 Å². The van der Waals surface area contributed by atoms with Crippen LogP contribution in [0.2, 0.25) is 0 Å². The van der Waals surface area contributed by atoms with Gasteiger partial charge in [0, 0.05) is 19.1 Å². The Morgan fingerprint density at radius 2 is 2.21 bits per heavy atom. The first-order chi connectivity index (χ1) is 9.11. The summed E-state index contributed by atoms with van der Waals surface area (Å²) in [5, 5.41) is 3.60. The second-order valence-electron chi connectivity index (χ2n) is 5.73. The van der Waals surface area contributed by atoms with Crippen molar-refractivity contribution in [3.8, 4) is 0 Å². The predicted molar refractivity (Wildman–Crippen MR) is 79.2 cm³/mol. The van der Waals surface area contributed by atoms with Crippen molar-refractivity contribution in [3.63, 3.8) is 0 Å². The summed E-state index contributed by atoms with van der Waals surface area (Å²) >= 11 is 0. The molecule has 2 nitrogen and oxygen atoms in total. The number of aryl methyl sites for hydroxylation is 1. The molecule has 0 aromatic heterocycles. The van der Waals surface area contributed by atoms with Crippen molar-refractivity contribution in [1.82, 2.24) is 5.32 Å². The van der Waals surface area contributed by atoms with Crippen LogP contribution in [0, 0.1) is 18.7 Å². The van der Waals surface area contributed by atoms with Crippen molar-refractivity contribution in [2.75, 3.05) is 24.5 Å². The number of rotatable bonds is 4. The maximum Gasteiger partial charge on any atom is 0.146 e. The van der Waals surface area contributed by atoms with E-state index in [9.17, 15) is 4.39 Å². The lowest BCUT2D eigenvalue weighted by Gasteiger charge is -2.39. The van der Waals surface area contributed by atoms with Crippen LogP contribution < -0.4 is 10.2 Å². The molecule has 1 aliphatic rings. The molecule has 2 atom stereocenters. The Morgan fingerprint density at radius 3 is 2.89 bits per heavy atom. The van der Waals surface area contributed by atoms with Gasteiger partial charge in [-0.15, -0.1) is 0 Å². The van der Waals surface area contributed by atoms with Crippen LogP contribution in [0.15, 0.2) is 18.2 Å². The fraction of sp³-hybridized carbons (Fsp3) is 0.625. The molecule has 2 unspecified atom stereocenters. The van der Waals surface area contributed by atoms with Gasteiger partial charge >= 0.3 is 0 Å². The second kappa shape index (κ2) is 6.38. The summed E-state index contributed by atoms with van der Waals surface area (Å²) in [6.45, 7) is 9.41. The number of benzene rings is 1. The van der Waals surface area contributed by atoms with Crippen molar-refractivity contribution < 1.29 is 4.39 Å². The minimum atomic E-state index is -0.0993. The highest BCUT2D eigenvalue weighted by Crippen LogP contribution is 2.26. The molecule has 0 radical (unpaired) electrons. The van der Waals surface area contributed by atoms with Crippen LogP contribution in [0.1, 0.15) is 32.3 Å². The van der Waals surface area contributed by atoms with E-state index in [0.29, 0.717) is 12.0 Å². The molecule has 0 aliphatic carbocycles. The highest BCUT2D eigenvalue weighted by Gasteiger charge is 2.26. The number of nitrogens with zero attached hydrogens (tertiary/aromatic N) is 1. The molecule has 0 spiro atoms. The molecular formula is C16H25FN2. The van der Waals surface area contributed by atoms with Crippen molar-refractivity contribution in [2.45, 2.75) is 39.7 Å². The average molecular weight is 264 g/mol. The molecule has 1 saturated heterocycles. The summed E-state index contributed by atoms with van der Waals surface area (Å²) in [5.41, 5.74) is 1.89. The lowest BCUT2D eigenvalue weighted by molar-refractivity contribution is 0.321. The molecular weight excluding hydrogens is 239 g/mol. The standard InChI is InChI=1S/C16H25FN2/c1-4-8-18-15-7-9-19(11-13(15)3)16-10-12(2)5-6-14(16)17/h5-6,10,13,15,18H,4,7-9,11H2,1-3H3. The number of hydrogen-bond donors (Lipinski definition) is 1. The lowest BCUT2D eigenvalue weighted by atomic mass is 9.93. The molecule has 19 heavy (non-hydrogen) atoms. The number of halogens is 1. The van der Waals surface area contributed by atoms with Crippen LogP contribution in [-0.2, 0) is 0 Å². The van der Waals surface area contributed by atoms with Crippen LogP contribution in [0.5, 0.6) is 0 Å². The first-order valence-corrected chi connectivity index (χ1v) is 7.36. The lowest BCUT2D eigenvalue weighted by Crippen LogP contribution is -2.48. The van der Waals surface area contributed by atoms with E-state index in [-0.39, 0.29) is 5.82 Å². The van der Waals surface area contributed by atoms with E-state index in [1.165, 1.54) is 6.42 Å². The van der Waals surface area contributed by atoms with E-state index in [1.807, 2.05) is 19.1 Å². The topological polar surface area (TPSA) is 15.3 Å². The monoisotopic (exact) mass is 264 g/mol. The number of nitrogens with one attached hydrogen (secondary N) is 1. The highest BCUT2D eigenvalue weighted by atomic mass is 19.1. The van der Waals surface area contributed by atoms with Gasteiger partial charge in [0.25, 0.3) is 0 Å². The summed E-state index contributed by atoms with van der Waals surface area (Å²) in [5.74, 6) is 0.456. The largest absolute Gasteiger partial charge is 0.369 e. The average Bonchev–Trinajstić information content (AvgIpc) is 2.40. The Morgan fingerprint density at radius 1 is 1.42 bits per heavy atom. The third kappa shape index (κ3) is 3.47. The van der Waals surface area contributed by atoms with E-state index in [4.69, 9.17) is 0 Å². The Bertz CT molecular complexity index is 419. The maximum absolute atomic E-state index is 13.9. The van der Waals surface area contributed by atoms with Gasteiger partial charge in [-0.3, -0.25) is 0 Å². The van der Waals surface area contributed by atoms with Gasteiger partial charge in [-0.05, 0) is 49.9 Å². The third-order valence-corrected chi connectivity index (χ3v) is 4.00. The maximum atomic E-state index is 13.9. The predicted octanol–water partition coefficient (Wildman–Crippen LogP) is 3.35. The molecule has 2 rings (SSSR count). The molecule has 1 heterocycles. The van der Waals surface area contributed by atoms with E-state index >= 15 is 0 Å². The third-order valence-electron chi connectivity index (χ3n) is 4.00. The Kier molecular flexibility index (Phi) is 4.81. The molecule has 0 saturated carbocycles. The van der Waals surface area contributed by atoms with Crippen LogP contribution >= 0.6 is 0 Å². The van der Waals surface area contributed by atoms with Gasteiger partial charge < -0.3 is 10.2 Å². The van der Waals surface area contributed by atoms with Gasteiger partial charge in [0.05, 0.1) is 5.69 Å². The van der Waals surface area contributed by atoms with Crippen molar-refractivity contribution >= 4 is 5.69 Å². The number of anilines is 1. The molecule has 1 aromatic rings. The van der Waals surface area contributed by atoms with Gasteiger partial charge in [-0.25, -0.2) is 4.39 Å². The zero-order valence-corrected chi connectivity index (χ0v) is 12.2. The van der Waals surface area contributed by atoms with Crippen LogP contribution in [0.4, 0.5) is 10.1 Å². The zero-order chi connectivity index (χ0) is 13.8. The van der Waals surface area contributed by atoms with E-state index in [2.05, 4.69) is 24.1 Å². The molecule has 0 amide bonds. The fourth-order valence-electron chi connectivity index (χ4n) is 2.86. The minimum Gasteiger partial charge on any atom is -0.369 e. The Balaban J connectivity index is 2.03. The van der Waals surface area contributed by atoms with Crippen molar-refractivity contribution in [3.05, 3.63) is 29.6 Å². The van der Waals surface area contributed by atoms with Crippen LogP contribution in [0.25, 0.3) is 0 Å². The first-order valence-electron chi connectivity index (χ1n) is 7.36. The molecule has 1 aromatic carbocycles. The van der Waals surface area contributed by atoms with Crippen molar-refractivity contribution in [2.24, 2.45) is 5.92 Å². The van der Waals surface area contributed by atoms with Gasteiger partial charge in [-0.2, -0.15) is 0 Å². The Labute approximate surface area is 116 Å². The smallest absolute Gasteiger partial charge is 0.146 e. The minimum absolute atomic E-state index is 0.0993. The van der Waals surface area contributed by atoms with Gasteiger partial charge in [0.1, 0.15) is 5.82 Å². The second-order valence-corrected chi connectivity index (χ2v) is 5.73. The molecule has 1 fully saturated rings. The van der Waals surface area contributed by atoms with Crippen molar-refractivity contribution in [1.29, 1.82) is 0 Å². The molecule has 1 N–H and O–H groups in total. The van der Waals surface area contributed by atoms with E-state index < -0.39 is 0 Å². The number of piperidine rings is 1. The van der Waals surface area contributed by atoms with E-state index in [0.717, 1.165) is 37.3 Å². The SMILES string of the molecule is CCCNC1CCN(c2cc(C)ccc2F)CC1C. The van der Waals surface area contributed by atoms with Gasteiger partial charge in [0.2, 0.25) is 0 Å². The molecule has 3 heteroatoms. The summed E-state index contributed by atoms with van der Waals surface area (Å²) < 4.78 is 13.9. The molecule has 106 valence electrons. The van der Waals surface area contributed by atoms with Crippen LogP contribution in [0.3, 0.4) is 0 Å². The normalized spacial score (nSPS) is 23.7. The molecule has 0 bridgehead atoms. The summed E-state index contributed by atoms with van der Waals surface area (Å²) in [6, 6.07) is 5.94.